The van der Waals surface area contributed by atoms with Crippen LogP contribution >= 0.6 is 0 Å². The summed E-state index contributed by atoms with van der Waals surface area (Å²) in [6.07, 6.45) is 2.24. The van der Waals surface area contributed by atoms with E-state index < -0.39 is 5.82 Å². The maximum atomic E-state index is 13.6. The third-order valence-electron chi connectivity index (χ3n) is 2.91. The van der Waals surface area contributed by atoms with E-state index in [-0.39, 0.29) is 0 Å². The molecule has 0 amide bonds. The lowest BCUT2D eigenvalue weighted by Crippen LogP contribution is -2.19. The monoisotopic (exact) mass is 228 g/mol. The molecule has 1 aromatic rings. The molecule has 0 spiro atoms. The minimum atomic E-state index is -0.418. The molecule has 0 radical (unpaired) electrons. The Balaban J connectivity index is 2.50. The molecule has 2 rings (SSSR count). The highest BCUT2D eigenvalue weighted by Crippen LogP contribution is 2.26. The second kappa shape index (κ2) is 4.89. The van der Waals surface area contributed by atoms with E-state index >= 15 is 0 Å². The highest BCUT2D eigenvalue weighted by atomic mass is 19.1. The van der Waals surface area contributed by atoms with Crippen molar-refractivity contribution in [2.75, 3.05) is 18.0 Å². The molecule has 1 aliphatic heterocycles. The SMILES string of the molecule is CC#Cc1cc(N2CCCC2)c(C#N)cc1F. The van der Waals surface area contributed by atoms with E-state index in [1.165, 1.54) is 6.07 Å². The molecule has 1 aromatic carbocycles. The van der Waals surface area contributed by atoms with Gasteiger partial charge < -0.3 is 4.90 Å². The highest BCUT2D eigenvalue weighted by Gasteiger charge is 2.17. The lowest BCUT2D eigenvalue weighted by atomic mass is 10.1. The molecule has 1 fully saturated rings. The highest BCUT2D eigenvalue weighted by molar-refractivity contribution is 5.63. The van der Waals surface area contributed by atoms with E-state index in [0.29, 0.717) is 11.1 Å². The first-order valence-corrected chi connectivity index (χ1v) is 5.67. The van der Waals surface area contributed by atoms with Gasteiger partial charge in [-0.2, -0.15) is 5.26 Å². The molecular weight excluding hydrogens is 215 g/mol. The van der Waals surface area contributed by atoms with Gasteiger partial charge in [0, 0.05) is 13.1 Å². The van der Waals surface area contributed by atoms with Gasteiger partial charge in [0.1, 0.15) is 11.9 Å². The van der Waals surface area contributed by atoms with Crippen LogP contribution in [0.2, 0.25) is 0 Å². The van der Waals surface area contributed by atoms with Crippen molar-refractivity contribution in [3.63, 3.8) is 0 Å². The normalized spacial score (nSPS) is 14.1. The summed E-state index contributed by atoms with van der Waals surface area (Å²) in [5.74, 6) is 5.00. The average Bonchev–Trinajstić information content (AvgIpc) is 2.85. The van der Waals surface area contributed by atoms with Crippen LogP contribution in [0.5, 0.6) is 0 Å². The molecule has 0 aliphatic carbocycles. The maximum absolute atomic E-state index is 13.6. The first-order valence-electron chi connectivity index (χ1n) is 5.67. The summed E-state index contributed by atoms with van der Waals surface area (Å²) < 4.78 is 13.6. The molecule has 3 heteroatoms. The first kappa shape index (κ1) is 11.5. The Labute approximate surface area is 101 Å². The van der Waals surface area contributed by atoms with E-state index in [1.54, 1.807) is 13.0 Å². The molecule has 0 unspecified atom stereocenters. The fourth-order valence-electron chi connectivity index (χ4n) is 2.10. The Bertz CT molecular complexity index is 526. The van der Waals surface area contributed by atoms with E-state index in [9.17, 15) is 4.39 Å². The number of anilines is 1. The van der Waals surface area contributed by atoms with Crippen LogP contribution in [-0.2, 0) is 0 Å². The molecule has 0 saturated carbocycles. The summed E-state index contributed by atoms with van der Waals surface area (Å²) in [7, 11) is 0. The predicted octanol–water partition coefficient (Wildman–Crippen LogP) is 2.67. The standard InChI is InChI=1S/C14H13FN2/c1-2-5-11-9-14(17-6-3-4-7-17)12(10-16)8-13(11)15/h8-9H,3-4,6-7H2,1H3. The summed E-state index contributed by atoms with van der Waals surface area (Å²) in [4.78, 5) is 2.12. The molecule has 0 aromatic heterocycles. The van der Waals surface area contributed by atoms with Gasteiger partial charge in [0.05, 0.1) is 16.8 Å². The zero-order chi connectivity index (χ0) is 12.3. The second-order valence-electron chi connectivity index (χ2n) is 4.03. The van der Waals surface area contributed by atoms with Crippen LogP contribution in [0.1, 0.15) is 30.9 Å². The summed E-state index contributed by atoms with van der Waals surface area (Å²) in [6.45, 7) is 3.53. The van der Waals surface area contributed by atoms with Crippen LogP contribution < -0.4 is 4.90 Å². The minimum absolute atomic E-state index is 0.369. The summed E-state index contributed by atoms with van der Waals surface area (Å²) in [5.41, 5.74) is 1.57. The predicted molar refractivity (Wildman–Crippen MR) is 65.1 cm³/mol. The summed E-state index contributed by atoms with van der Waals surface area (Å²) in [6, 6.07) is 5.03. The molecule has 0 bridgehead atoms. The van der Waals surface area contributed by atoms with Gasteiger partial charge in [-0.1, -0.05) is 5.92 Å². The van der Waals surface area contributed by atoms with Crippen molar-refractivity contribution >= 4 is 5.69 Å². The fourth-order valence-corrected chi connectivity index (χ4v) is 2.10. The summed E-state index contributed by atoms with van der Waals surface area (Å²) >= 11 is 0. The van der Waals surface area contributed by atoms with Crippen LogP contribution in [-0.4, -0.2) is 13.1 Å². The maximum Gasteiger partial charge on any atom is 0.140 e. The first-order chi connectivity index (χ1) is 8.26. The number of halogens is 1. The summed E-state index contributed by atoms with van der Waals surface area (Å²) in [5, 5.41) is 9.04. The topological polar surface area (TPSA) is 27.0 Å². The molecule has 1 saturated heterocycles. The quantitative estimate of drug-likeness (QED) is 0.691. The Morgan fingerprint density at radius 3 is 2.53 bits per heavy atom. The van der Waals surface area contributed by atoms with Crippen LogP contribution in [0.25, 0.3) is 0 Å². The zero-order valence-electron chi connectivity index (χ0n) is 9.76. The van der Waals surface area contributed by atoms with Gasteiger partial charge in [-0.15, -0.1) is 5.92 Å². The number of nitrogens with zero attached hydrogens (tertiary/aromatic N) is 2. The van der Waals surface area contributed by atoms with Gasteiger partial charge >= 0.3 is 0 Å². The van der Waals surface area contributed by atoms with Crippen LogP contribution in [0, 0.1) is 29.0 Å². The number of hydrogen-bond acceptors (Lipinski definition) is 2. The molecule has 17 heavy (non-hydrogen) atoms. The number of hydrogen-bond donors (Lipinski definition) is 0. The Kier molecular flexibility index (Phi) is 3.30. The van der Waals surface area contributed by atoms with E-state index in [1.807, 2.05) is 0 Å². The van der Waals surface area contributed by atoms with Crippen molar-refractivity contribution in [3.8, 4) is 17.9 Å². The third kappa shape index (κ3) is 2.24. The van der Waals surface area contributed by atoms with Crippen molar-refractivity contribution < 1.29 is 4.39 Å². The molecule has 86 valence electrons. The average molecular weight is 228 g/mol. The van der Waals surface area contributed by atoms with Crippen LogP contribution in [0.3, 0.4) is 0 Å². The largest absolute Gasteiger partial charge is 0.370 e. The van der Waals surface area contributed by atoms with Crippen molar-refractivity contribution in [3.05, 3.63) is 29.1 Å². The van der Waals surface area contributed by atoms with Crippen molar-refractivity contribution in [1.82, 2.24) is 0 Å². The van der Waals surface area contributed by atoms with Crippen molar-refractivity contribution in [2.24, 2.45) is 0 Å². The number of nitriles is 1. The fraction of sp³-hybridized carbons (Fsp3) is 0.357. The molecule has 0 atom stereocenters. The Morgan fingerprint density at radius 1 is 1.24 bits per heavy atom. The van der Waals surface area contributed by atoms with E-state index in [0.717, 1.165) is 31.6 Å². The number of rotatable bonds is 1. The molecule has 1 aliphatic rings. The lowest BCUT2D eigenvalue weighted by Gasteiger charge is -2.19. The molecule has 2 nitrogen and oxygen atoms in total. The van der Waals surface area contributed by atoms with Gasteiger partial charge in [-0.25, -0.2) is 4.39 Å². The van der Waals surface area contributed by atoms with Gasteiger partial charge in [-0.05, 0) is 31.9 Å². The number of benzene rings is 1. The molecule has 0 N–H and O–H groups in total. The van der Waals surface area contributed by atoms with Gasteiger partial charge in [0.15, 0.2) is 0 Å². The molecular formula is C14H13FN2. The Morgan fingerprint density at radius 2 is 1.94 bits per heavy atom. The van der Waals surface area contributed by atoms with Crippen molar-refractivity contribution in [1.29, 1.82) is 5.26 Å². The third-order valence-corrected chi connectivity index (χ3v) is 2.91. The van der Waals surface area contributed by atoms with E-state index in [2.05, 4.69) is 22.8 Å². The minimum Gasteiger partial charge on any atom is -0.370 e. The zero-order valence-corrected chi connectivity index (χ0v) is 9.76. The Hall–Kier alpha value is -2.00. The van der Waals surface area contributed by atoms with E-state index in [4.69, 9.17) is 5.26 Å². The van der Waals surface area contributed by atoms with Crippen LogP contribution in [0.15, 0.2) is 12.1 Å². The second-order valence-corrected chi connectivity index (χ2v) is 4.03. The van der Waals surface area contributed by atoms with Crippen LogP contribution in [0.4, 0.5) is 10.1 Å². The van der Waals surface area contributed by atoms with Crippen molar-refractivity contribution in [2.45, 2.75) is 19.8 Å². The van der Waals surface area contributed by atoms with Gasteiger partial charge in [0.25, 0.3) is 0 Å². The lowest BCUT2D eigenvalue weighted by molar-refractivity contribution is 0.623. The smallest absolute Gasteiger partial charge is 0.140 e. The van der Waals surface area contributed by atoms with Gasteiger partial charge in [-0.3, -0.25) is 0 Å². The molecule has 1 heterocycles. The van der Waals surface area contributed by atoms with Gasteiger partial charge in [0.2, 0.25) is 0 Å².